The summed E-state index contributed by atoms with van der Waals surface area (Å²) in [6, 6.07) is 1.24. The predicted octanol–water partition coefficient (Wildman–Crippen LogP) is 8.44. The molecule has 2 rings (SSSR count). The van der Waals surface area contributed by atoms with Gasteiger partial charge in [0.1, 0.15) is 30.7 Å². The molecule has 8 atom stereocenters. The van der Waals surface area contributed by atoms with Crippen molar-refractivity contribution in [1.29, 1.82) is 0 Å². The summed E-state index contributed by atoms with van der Waals surface area (Å²) < 4.78 is 56.5. The molecular formula is C47H81N3O16P2. The maximum atomic E-state index is 12.8. The second-order valence-electron chi connectivity index (χ2n) is 17.6. The van der Waals surface area contributed by atoms with Crippen LogP contribution < -0.4 is 11.4 Å². The minimum Gasteiger partial charge on any atom is -0.462 e. The van der Waals surface area contributed by atoms with E-state index in [2.05, 4.69) is 42.2 Å². The third kappa shape index (κ3) is 28.6. The number of aliphatic hydroxyl groups excluding tert-OH is 3. The van der Waals surface area contributed by atoms with E-state index in [-0.39, 0.29) is 31.5 Å². The van der Waals surface area contributed by atoms with Gasteiger partial charge in [-0.15, -0.1) is 0 Å². The number of carbonyl (C=O) groups excluding carboxylic acids is 2. The highest BCUT2D eigenvalue weighted by molar-refractivity contribution is 7.61. The molecule has 0 amide bonds. The first-order valence-electron chi connectivity index (χ1n) is 24.5. The van der Waals surface area contributed by atoms with Gasteiger partial charge < -0.3 is 45.1 Å². The van der Waals surface area contributed by atoms with Crippen LogP contribution in [0.2, 0.25) is 0 Å². The van der Waals surface area contributed by atoms with Crippen molar-refractivity contribution in [3.05, 3.63) is 59.2 Å². The van der Waals surface area contributed by atoms with Crippen molar-refractivity contribution in [3.63, 3.8) is 0 Å². The van der Waals surface area contributed by atoms with E-state index in [1.807, 2.05) is 12.2 Å². The summed E-state index contributed by atoms with van der Waals surface area (Å²) in [6.45, 7) is 4.21. The molecule has 1 aliphatic heterocycles. The molecule has 68 heavy (non-hydrogen) atoms. The molecule has 2 heterocycles. The molecule has 1 aromatic rings. The summed E-state index contributed by atoms with van der Waals surface area (Å²) in [6.07, 6.45) is 24.2. The van der Waals surface area contributed by atoms with Crippen molar-refractivity contribution in [2.24, 2.45) is 5.92 Å². The molecule has 0 aliphatic carbocycles. The highest BCUT2D eigenvalue weighted by Crippen LogP contribution is 2.60. The molecule has 1 saturated heterocycles. The van der Waals surface area contributed by atoms with E-state index in [0.29, 0.717) is 6.42 Å². The van der Waals surface area contributed by atoms with Gasteiger partial charge in [0.25, 0.3) is 0 Å². The van der Waals surface area contributed by atoms with Crippen LogP contribution in [0.5, 0.6) is 0 Å². The number of nitrogens with zero attached hydrogens (tertiary/aromatic N) is 2. The maximum Gasteiger partial charge on any atom is 0.481 e. The summed E-state index contributed by atoms with van der Waals surface area (Å²) in [4.78, 5) is 61.8. The number of phosphoric ester groups is 2. The number of aliphatic hydroxyl groups is 3. The zero-order valence-electron chi connectivity index (χ0n) is 40.4. The van der Waals surface area contributed by atoms with Gasteiger partial charge in [-0.2, -0.15) is 9.29 Å². The average molecular weight is 1010 g/mol. The number of hydrogen-bond donors (Lipinski definition) is 6. The number of carbonyl (C=O) groups is 2. The van der Waals surface area contributed by atoms with Crippen LogP contribution >= 0.6 is 15.6 Å². The second kappa shape index (κ2) is 35.1. The first-order valence-corrected chi connectivity index (χ1v) is 27.5. The summed E-state index contributed by atoms with van der Waals surface area (Å²) in [5.74, 6) is -0.775. The summed E-state index contributed by atoms with van der Waals surface area (Å²) in [7, 11) is -10.9. The van der Waals surface area contributed by atoms with Gasteiger partial charge in [-0.1, -0.05) is 147 Å². The van der Waals surface area contributed by atoms with Crippen LogP contribution in [0.1, 0.15) is 168 Å². The van der Waals surface area contributed by atoms with Crippen LogP contribution in [0.3, 0.4) is 0 Å². The number of allylic oxidation sites excluding steroid dienone is 5. The molecule has 0 radical (unpaired) electrons. The lowest BCUT2D eigenvalue weighted by Gasteiger charge is -2.21. The molecule has 1 aromatic heterocycles. The first kappa shape index (κ1) is 61.1. The molecule has 390 valence electrons. The molecule has 0 bridgehead atoms. The predicted molar refractivity (Wildman–Crippen MR) is 258 cm³/mol. The fraction of sp³-hybridized carbons (Fsp3) is 0.745. The Balaban J connectivity index is 1.87. The van der Waals surface area contributed by atoms with E-state index in [4.69, 9.17) is 29.0 Å². The molecule has 7 N–H and O–H groups in total. The number of ether oxygens (including phenoxy) is 3. The molecule has 19 nitrogen and oxygen atoms in total. The van der Waals surface area contributed by atoms with Gasteiger partial charge >= 0.3 is 33.3 Å². The van der Waals surface area contributed by atoms with E-state index >= 15 is 0 Å². The van der Waals surface area contributed by atoms with Crippen molar-refractivity contribution in [1.82, 2.24) is 9.55 Å². The summed E-state index contributed by atoms with van der Waals surface area (Å²) in [5.41, 5.74) is 4.57. The van der Waals surface area contributed by atoms with Gasteiger partial charge in [0.2, 0.25) is 0 Å². The molecule has 0 spiro atoms. The van der Waals surface area contributed by atoms with Gasteiger partial charge in [0.15, 0.2) is 12.3 Å². The summed E-state index contributed by atoms with van der Waals surface area (Å²) in [5, 5.41) is 31.3. The topological polar surface area (TPSA) is 286 Å². The molecule has 3 unspecified atom stereocenters. The SMILES string of the molecule is CCCCCCCC/C=C/C/C=C/C=C/C(O)CCCC(=O)O[C@H](COC(=O)CCCCCCCCCCCC(C)C)COP(=O)(O)OP(=O)(O)OC[C@H]1O[C@@H](n2ccc(N)nc2=O)[C@H](O)[C@@H]1O. The monoisotopic (exact) mass is 1010 g/mol. The molecule has 0 aromatic carbocycles. The van der Waals surface area contributed by atoms with Crippen LogP contribution in [-0.2, 0) is 46.3 Å². The van der Waals surface area contributed by atoms with Crippen LogP contribution in [-0.4, -0.2) is 96.9 Å². The number of aromatic nitrogens is 2. The Morgan fingerprint density at radius 1 is 0.809 bits per heavy atom. The summed E-state index contributed by atoms with van der Waals surface area (Å²) >= 11 is 0. The van der Waals surface area contributed by atoms with Crippen molar-refractivity contribution >= 4 is 33.4 Å². The normalized spacial score (nSPS) is 20.3. The number of nitrogen functional groups attached to an aromatic ring is 1. The Hall–Kier alpha value is -3.06. The van der Waals surface area contributed by atoms with Gasteiger partial charge in [0.05, 0.1) is 19.3 Å². The van der Waals surface area contributed by atoms with Gasteiger partial charge in [-0.25, -0.2) is 13.9 Å². The number of esters is 2. The Morgan fingerprint density at radius 2 is 1.44 bits per heavy atom. The molecular weight excluding hydrogens is 924 g/mol. The highest BCUT2D eigenvalue weighted by Gasteiger charge is 2.46. The Bertz CT molecular complexity index is 1810. The minimum atomic E-state index is -5.46. The van der Waals surface area contributed by atoms with Gasteiger partial charge in [-0.05, 0) is 50.5 Å². The highest BCUT2D eigenvalue weighted by atomic mass is 31.3. The van der Waals surface area contributed by atoms with Gasteiger partial charge in [0, 0.05) is 19.0 Å². The fourth-order valence-corrected chi connectivity index (χ4v) is 9.26. The van der Waals surface area contributed by atoms with Gasteiger partial charge in [-0.3, -0.25) is 23.2 Å². The molecule has 0 saturated carbocycles. The van der Waals surface area contributed by atoms with Crippen molar-refractivity contribution in [2.75, 3.05) is 25.6 Å². The zero-order valence-corrected chi connectivity index (χ0v) is 42.2. The van der Waals surface area contributed by atoms with Crippen LogP contribution in [0, 0.1) is 5.92 Å². The van der Waals surface area contributed by atoms with E-state index < -0.39 is 89.8 Å². The maximum absolute atomic E-state index is 12.8. The quantitative estimate of drug-likeness (QED) is 0.0119. The number of unbranched alkanes of at least 4 members (excludes halogenated alkanes) is 14. The largest absolute Gasteiger partial charge is 0.481 e. The molecule has 1 aliphatic rings. The number of nitrogens with two attached hydrogens (primary N) is 1. The lowest BCUT2D eigenvalue weighted by atomic mass is 10.0. The van der Waals surface area contributed by atoms with Crippen molar-refractivity contribution in [3.8, 4) is 0 Å². The lowest BCUT2D eigenvalue weighted by Crippen LogP contribution is -2.36. The number of rotatable bonds is 39. The minimum absolute atomic E-state index is 0.0880. The average Bonchev–Trinajstić information content (AvgIpc) is 3.55. The second-order valence-corrected chi connectivity index (χ2v) is 20.7. The molecule has 21 heteroatoms. The third-order valence-corrected chi connectivity index (χ3v) is 13.6. The zero-order chi connectivity index (χ0) is 50.2. The fourth-order valence-electron chi connectivity index (χ4n) is 7.15. The van der Waals surface area contributed by atoms with Crippen LogP contribution in [0.15, 0.2) is 53.5 Å². The molecule has 1 fully saturated rings. The Morgan fingerprint density at radius 3 is 2.12 bits per heavy atom. The van der Waals surface area contributed by atoms with E-state index in [1.165, 1.54) is 76.7 Å². The number of anilines is 1. The Kier molecular flexibility index (Phi) is 31.5. The first-order chi connectivity index (χ1) is 32.4. The standard InChI is InChI=1S/C47H81N3O16P2/c1-4-5-6-7-8-9-10-11-12-15-18-21-24-28-38(51)29-26-31-43(53)64-39(34-61-42(52)30-25-22-19-16-13-14-17-20-23-27-37(2)3)35-62-67(57,58)66-68(59,60)63-36-40-44(54)45(55)46(65-40)50-33-32-41(48)49-47(50)56/h11-12,18,21,24,28,32-33,37-40,44-46,51,54-55H,4-10,13-17,19-20,22-23,25-27,29-31,34-36H2,1-3H3,(H,57,58)(H,59,60)(H2,48,49,56)/b12-11+,21-18+,28-24+/t38?,39-,40-,44-,45-,46-/m1/s1. The number of hydrogen-bond acceptors (Lipinski definition) is 16. The third-order valence-electron chi connectivity index (χ3n) is 11.0. The van der Waals surface area contributed by atoms with E-state index in [9.17, 15) is 48.6 Å². The Labute approximate surface area is 402 Å². The van der Waals surface area contributed by atoms with E-state index in [1.54, 1.807) is 12.2 Å². The van der Waals surface area contributed by atoms with Crippen LogP contribution in [0.4, 0.5) is 5.82 Å². The smallest absolute Gasteiger partial charge is 0.462 e. The lowest BCUT2D eigenvalue weighted by molar-refractivity contribution is -0.161. The number of phosphoric acid groups is 2. The van der Waals surface area contributed by atoms with E-state index in [0.717, 1.165) is 55.2 Å². The van der Waals surface area contributed by atoms with Crippen molar-refractivity contribution < 1.29 is 71.4 Å². The van der Waals surface area contributed by atoms with Crippen LogP contribution in [0.25, 0.3) is 0 Å². The van der Waals surface area contributed by atoms with Crippen molar-refractivity contribution in [2.45, 2.75) is 199 Å².